The van der Waals surface area contributed by atoms with Crippen LogP contribution in [0.25, 0.3) is 0 Å². The van der Waals surface area contributed by atoms with Crippen molar-refractivity contribution in [1.29, 1.82) is 0 Å². The minimum absolute atomic E-state index is 0.491. The van der Waals surface area contributed by atoms with E-state index in [0.29, 0.717) is 39.9 Å². The maximum atomic E-state index is 5.28. The van der Waals surface area contributed by atoms with Gasteiger partial charge in [-0.2, -0.15) is 0 Å². The standard InChI is InChI=1S/C12H27NO4/c1-3-5-14-7-9-16-11-13-12-17-10-8-15-6-4-2/h13H,3-12H2,1-2H3. The van der Waals surface area contributed by atoms with Crippen molar-refractivity contribution in [2.45, 2.75) is 26.7 Å². The van der Waals surface area contributed by atoms with Gasteiger partial charge in [-0.15, -0.1) is 0 Å². The van der Waals surface area contributed by atoms with Gasteiger partial charge in [0.2, 0.25) is 0 Å². The van der Waals surface area contributed by atoms with Crippen LogP contribution in [0.5, 0.6) is 0 Å². The van der Waals surface area contributed by atoms with Gasteiger partial charge < -0.3 is 18.9 Å². The molecule has 1 N–H and O–H groups in total. The third kappa shape index (κ3) is 15.8. The van der Waals surface area contributed by atoms with Crippen LogP contribution in [0.2, 0.25) is 0 Å². The van der Waals surface area contributed by atoms with E-state index < -0.39 is 0 Å². The van der Waals surface area contributed by atoms with E-state index in [4.69, 9.17) is 18.9 Å². The van der Waals surface area contributed by atoms with Gasteiger partial charge in [0, 0.05) is 13.2 Å². The fourth-order valence-corrected chi connectivity index (χ4v) is 1.06. The topological polar surface area (TPSA) is 49.0 Å². The monoisotopic (exact) mass is 249 g/mol. The molecule has 0 saturated carbocycles. The zero-order chi connectivity index (χ0) is 12.6. The third-order valence-electron chi connectivity index (χ3n) is 1.85. The average molecular weight is 249 g/mol. The lowest BCUT2D eigenvalue weighted by atomic mass is 10.5. The quantitative estimate of drug-likeness (QED) is 0.372. The van der Waals surface area contributed by atoms with Crippen LogP contribution in [-0.2, 0) is 18.9 Å². The molecular weight excluding hydrogens is 222 g/mol. The summed E-state index contributed by atoms with van der Waals surface area (Å²) in [6.07, 6.45) is 2.10. The summed E-state index contributed by atoms with van der Waals surface area (Å²) < 4.78 is 21.1. The molecule has 0 aromatic rings. The van der Waals surface area contributed by atoms with Gasteiger partial charge in [0.1, 0.15) is 0 Å². The number of hydrogen-bond acceptors (Lipinski definition) is 5. The van der Waals surface area contributed by atoms with Gasteiger partial charge in [0.15, 0.2) is 0 Å². The van der Waals surface area contributed by atoms with Gasteiger partial charge in [-0.1, -0.05) is 13.8 Å². The number of rotatable bonds is 14. The first-order chi connectivity index (χ1) is 8.41. The first-order valence-electron chi connectivity index (χ1n) is 6.43. The van der Waals surface area contributed by atoms with Crippen LogP contribution < -0.4 is 5.32 Å². The van der Waals surface area contributed by atoms with Crippen LogP contribution >= 0.6 is 0 Å². The molecule has 0 fully saturated rings. The summed E-state index contributed by atoms with van der Waals surface area (Å²) in [5.74, 6) is 0. The normalized spacial score (nSPS) is 10.9. The Morgan fingerprint density at radius 3 is 1.41 bits per heavy atom. The van der Waals surface area contributed by atoms with Crippen LogP contribution in [0.3, 0.4) is 0 Å². The summed E-state index contributed by atoms with van der Waals surface area (Å²) in [5.41, 5.74) is 0. The number of ether oxygens (including phenoxy) is 4. The summed E-state index contributed by atoms with van der Waals surface area (Å²) in [6, 6.07) is 0. The van der Waals surface area contributed by atoms with Crippen molar-refractivity contribution in [2.24, 2.45) is 0 Å². The molecule has 0 radical (unpaired) electrons. The SMILES string of the molecule is CCCOCCOCNCOCCOCCC. The van der Waals surface area contributed by atoms with Gasteiger partial charge >= 0.3 is 0 Å². The molecule has 0 aliphatic rings. The molecule has 0 unspecified atom stereocenters. The molecule has 17 heavy (non-hydrogen) atoms. The van der Waals surface area contributed by atoms with Crippen LogP contribution in [0.15, 0.2) is 0 Å². The summed E-state index contributed by atoms with van der Waals surface area (Å²) in [5, 5.41) is 3.01. The summed E-state index contributed by atoms with van der Waals surface area (Å²) in [7, 11) is 0. The second-order valence-corrected chi connectivity index (χ2v) is 3.58. The van der Waals surface area contributed by atoms with Gasteiger partial charge in [0.05, 0.1) is 39.9 Å². The minimum Gasteiger partial charge on any atom is -0.379 e. The zero-order valence-electron chi connectivity index (χ0n) is 11.2. The van der Waals surface area contributed by atoms with E-state index in [2.05, 4.69) is 19.2 Å². The molecule has 0 saturated heterocycles. The smallest absolute Gasteiger partial charge is 0.0983 e. The van der Waals surface area contributed by atoms with Crippen molar-refractivity contribution in [3.05, 3.63) is 0 Å². The molecule has 0 aromatic heterocycles. The van der Waals surface area contributed by atoms with Gasteiger partial charge in [-0.25, -0.2) is 0 Å². The predicted molar refractivity (Wildman–Crippen MR) is 67.0 cm³/mol. The lowest BCUT2D eigenvalue weighted by Crippen LogP contribution is -2.23. The predicted octanol–water partition coefficient (Wildman–Crippen LogP) is 1.38. The molecule has 5 heteroatoms. The summed E-state index contributed by atoms with van der Waals surface area (Å²) >= 11 is 0. The zero-order valence-corrected chi connectivity index (χ0v) is 11.2. The second kappa shape index (κ2) is 15.8. The molecule has 0 heterocycles. The van der Waals surface area contributed by atoms with E-state index in [0.717, 1.165) is 26.1 Å². The van der Waals surface area contributed by atoms with Gasteiger partial charge in [-0.3, -0.25) is 5.32 Å². The molecule has 0 aliphatic carbocycles. The highest BCUT2D eigenvalue weighted by molar-refractivity contribution is 4.33. The number of hydrogen-bond donors (Lipinski definition) is 1. The van der Waals surface area contributed by atoms with Crippen LogP contribution in [-0.4, -0.2) is 53.1 Å². The maximum absolute atomic E-state index is 5.28. The van der Waals surface area contributed by atoms with Crippen molar-refractivity contribution in [3.63, 3.8) is 0 Å². The highest BCUT2D eigenvalue weighted by Crippen LogP contribution is 1.82. The Bertz CT molecular complexity index is 122. The molecule has 0 aliphatic heterocycles. The Morgan fingerprint density at radius 2 is 1.00 bits per heavy atom. The van der Waals surface area contributed by atoms with E-state index in [9.17, 15) is 0 Å². The van der Waals surface area contributed by atoms with Crippen molar-refractivity contribution >= 4 is 0 Å². The minimum atomic E-state index is 0.491. The largest absolute Gasteiger partial charge is 0.379 e. The third-order valence-corrected chi connectivity index (χ3v) is 1.85. The van der Waals surface area contributed by atoms with Crippen molar-refractivity contribution < 1.29 is 18.9 Å². The molecule has 0 atom stereocenters. The van der Waals surface area contributed by atoms with E-state index in [1.807, 2.05) is 0 Å². The first kappa shape index (κ1) is 16.8. The molecule has 104 valence electrons. The van der Waals surface area contributed by atoms with E-state index in [-0.39, 0.29) is 0 Å². The highest BCUT2D eigenvalue weighted by Gasteiger charge is 1.90. The highest BCUT2D eigenvalue weighted by atomic mass is 16.5. The van der Waals surface area contributed by atoms with Gasteiger partial charge in [0.25, 0.3) is 0 Å². The van der Waals surface area contributed by atoms with Crippen LogP contribution in [0, 0.1) is 0 Å². The molecular formula is C12H27NO4. The fourth-order valence-electron chi connectivity index (χ4n) is 1.06. The Balaban J connectivity index is 2.85. The Hall–Kier alpha value is -0.200. The molecule has 0 spiro atoms. The van der Waals surface area contributed by atoms with Crippen LogP contribution in [0.4, 0.5) is 0 Å². The van der Waals surface area contributed by atoms with Gasteiger partial charge in [-0.05, 0) is 12.8 Å². The van der Waals surface area contributed by atoms with Crippen molar-refractivity contribution in [1.82, 2.24) is 5.32 Å². The molecule has 0 rings (SSSR count). The second-order valence-electron chi connectivity index (χ2n) is 3.58. The molecule has 0 aromatic carbocycles. The Morgan fingerprint density at radius 1 is 0.588 bits per heavy atom. The molecule has 0 bridgehead atoms. The average Bonchev–Trinajstić information content (AvgIpc) is 2.35. The van der Waals surface area contributed by atoms with E-state index >= 15 is 0 Å². The summed E-state index contributed by atoms with van der Waals surface area (Å²) in [4.78, 5) is 0. The Labute approximate surface area is 105 Å². The van der Waals surface area contributed by atoms with E-state index in [1.54, 1.807) is 0 Å². The van der Waals surface area contributed by atoms with Crippen molar-refractivity contribution in [3.8, 4) is 0 Å². The lowest BCUT2D eigenvalue weighted by molar-refractivity contribution is 0.00852. The van der Waals surface area contributed by atoms with E-state index in [1.165, 1.54) is 0 Å². The molecule has 0 amide bonds. The lowest BCUT2D eigenvalue weighted by Gasteiger charge is -2.08. The van der Waals surface area contributed by atoms with Crippen molar-refractivity contribution in [2.75, 3.05) is 53.1 Å². The Kier molecular flexibility index (Phi) is 15.6. The molecule has 5 nitrogen and oxygen atoms in total. The number of nitrogens with one attached hydrogen (secondary N) is 1. The summed E-state index contributed by atoms with van der Waals surface area (Å²) in [6.45, 7) is 9.31. The van der Waals surface area contributed by atoms with Crippen LogP contribution in [0.1, 0.15) is 26.7 Å². The first-order valence-corrected chi connectivity index (χ1v) is 6.43. The maximum Gasteiger partial charge on any atom is 0.0983 e. The fraction of sp³-hybridized carbons (Fsp3) is 1.00.